The van der Waals surface area contributed by atoms with Gasteiger partial charge in [0, 0.05) is 11.2 Å². The lowest BCUT2D eigenvalue weighted by Gasteiger charge is -2.32. The van der Waals surface area contributed by atoms with Crippen molar-refractivity contribution in [2.45, 2.75) is 51.5 Å². The van der Waals surface area contributed by atoms with Crippen molar-refractivity contribution in [1.82, 2.24) is 4.72 Å². The molecule has 0 atom stereocenters. The van der Waals surface area contributed by atoms with E-state index in [-0.39, 0.29) is 10.3 Å². The molecule has 0 fully saturated rings. The minimum atomic E-state index is -3.51. The number of sulfonamides is 1. The first-order chi connectivity index (χ1) is 8.41. The van der Waals surface area contributed by atoms with E-state index in [9.17, 15) is 8.42 Å². The summed E-state index contributed by atoms with van der Waals surface area (Å²) in [5, 5.41) is 0. The van der Waals surface area contributed by atoms with Gasteiger partial charge in [0.2, 0.25) is 10.0 Å². The molecule has 0 aliphatic heterocycles. The Morgan fingerprint density at radius 1 is 1.05 bits per heavy atom. The second-order valence-electron chi connectivity index (χ2n) is 6.80. The first-order valence-corrected chi connectivity index (χ1v) is 7.79. The molecule has 1 rings (SSSR count). The predicted octanol–water partition coefficient (Wildman–Crippen LogP) is 2.76. The van der Waals surface area contributed by atoms with Gasteiger partial charge in [-0.1, -0.05) is 20.8 Å². The Morgan fingerprint density at radius 2 is 1.53 bits per heavy atom. The molecule has 4 nitrogen and oxygen atoms in total. The van der Waals surface area contributed by atoms with Crippen LogP contribution in [0.5, 0.6) is 0 Å². The normalized spacial score (nSPS) is 13.5. The van der Waals surface area contributed by atoms with Gasteiger partial charge in [0.05, 0.1) is 4.90 Å². The number of hydrogen-bond donors (Lipinski definition) is 2. The van der Waals surface area contributed by atoms with Crippen LogP contribution in [0, 0.1) is 5.41 Å². The maximum Gasteiger partial charge on any atom is 0.241 e. The molecule has 5 heteroatoms. The van der Waals surface area contributed by atoms with Gasteiger partial charge in [-0.25, -0.2) is 13.1 Å². The van der Waals surface area contributed by atoms with Gasteiger partial charge < -0.3 is 5.73 Å². The quantitative estimate of drug-likeness (QED) is 0.835. The van der Waals surface area contributed by atoms with Crippen LogP contribution in [0.2, 0.25) is 0 Å². The van der Waals surface area contributed by atoms with Crippen LogP contribution in [0.15, 0.2) is 29.2 Å². The SMILES string of the molecule is CC(C)(C)CC(C)(C)NS(=O)(=O)c1ccc(N)cc1. The third kappa shape index (κ3) is 5.20. The average molecular weight is 284 g/mol. The van der Waals surface area contributed by atoms with Crippen molar-refractivity contribution in [2.24, 2.45) is 5.41 Å². The van der Waals surface area contributed by atoms with Gasteiger partial charge in [-0.2, -0.15) is 0 Å². The standard InChI is InChI=1S/C14H24N2O2S/c1-13(2,3)10-14(4,5)16-19(17,18)12-8-6-11(15)7-9-12/h6-9,16H,10,15H2,1-5H3. The largest absolute Gasteiger partial charge is 0.399 e. The number of benzene rings is 1. The summed E-state index contributed by atoms with van der Waals surface area (Å²) in [6.07, 6.45) is 0.744. The molecule has 0 amide bonds. The summed E-state index contributed by atoms with van der Waals surface area (Å²) < 4.78 is 27.3. The highest BCUT2D eigenvalue weighted by Crippen LogP contribution is 2.28. The summed E-state index contributed by atoms with van der Waals surface area (Å²) in [5.74, 6) is 0. The number of rotatable bonds is 4. The second-order valence-corrected chi connectivity index (χ2v) is 8.48. The van der Waals surface area contributed by atoms with E-state index in [0.717, 1.165) is 6.42 Å². The lowest BCUT2D eigenvalue weighted by Crippen LogP contribution is -2.45. The molecule has 1 aromatic rings. The summed E-state index contributed by atoms with van der Waals surface area (Å²) in [5.41, 5.74) is 5.66. The lowest BCUT2D eigenvalue weighted by atomic mass is 9.82. The highest BCUT2D eigenvalue weighted by molar-refractivity contribution is 7.89. The van der Waals surface area contributed by atoms with E-state index in [1.165, 1.54) is 12.1 Å². The van der Waals surface area contributed by atoms with E-state index < -0.39 is 15.6 Å². The molecule has 0 bridgehead atoms. The van der Waals surface area contributed by atoms with Crippen LogP contribution in [0.25, 0.3) is 0 Å². The van der Waals surface area contributed by atoms with E-state index >= 15 is 0 Å². The Kier molecular flexibility index (Phi) is 4.32. The number of anilines is 1. The molecule has 0 heterocycles. The Balaban J connectivity index is 2.94. The van der Waals surface area contributed by atoms with Crippen LogP contribution in [-0.2, 0) is 10.0 Å². The van der Waals surface area contributed by atoms with Crippen LogP contribution in [0.3, 0.4) is 0 Å². The van der Waals surface area contributed by atoms with Crippen LogP contribution in [0.1, 0.15) is 41.0 Å². The monoisotopic (exact) mass is 284 g/mol. The third-order valence-corrected chi connectivity index (χ3v) is 4.29. The zero-order chi connectivity index (χ0) is 14.9. The molecule has 3 N–H and O–H groups in total. The van der Waals surface area contributed by atoms with Gasteiger partial charge in [0.25, 0.3) is 0 Å². The van der Waals surface area contributed by atoms with Gasteiger partial charge >= 0.3 is 0 Å². The fraction of sp³-hybridized carbons (Fsp3) is 0.571. The summed E-state index contributed by atoms with van der Waals surface area (Å²) in [6.45, 7) is 10.1. The topological polar surface area (TPSA) is 72.2 Å². The van der Waals surface area contributed by atoms with Crippen molar-refractivity contribution < 1.29 is 8.42 Å². The van der Waals surface area contributed by atoms with Crippen molar-refractivity contribution in [2.75, 3.05) is 5.73 Å². The number of nitrogens with one attached hydrogen (secondary N) is 1. The molecule has 0 aromatic heterocycles. The minimum Gasteiger partial charge on any atom is -0.399 e. The molecule has 0 spiro atoms. The molecule has 19 heavy (non-hydrogen) atoms. The van der Waals surface area contributed by atoms with Gasteiger partial charge in [-0.05, 0) is 49.9 Å². The Morgan fingerprint density at radius 3 is 1.95 bits per heavy atom. The Bertz CT molecular complexity index is 526. The summed E-state index contributed by atoms with van der Waals surface area (Å²) in [4.78, 5) is 0.240. The van der Waals surface area contributed by atoms with Crippen LogP contribution in [-0.4, -0.2) is 14.0 Å². The van der Waals surface area contributed by atoms with Crippen molar-refractivity contribution in [3.05, 3.63) is 24.3 Å². The molecular weight excluding hydrogens is 260 g/mol. The molecule has 0 saturated heterocycles. The van der Waals surface area contributed by atoms with Crippen molar-refractivity contribution in [3.63, 3.8) is 0 Å². The van der Waals surface area contributed by atoms with Crippen molar-refractivity contribution >= 4 is 15.7 Å². The molecule has 0 radical (unpaired) electrons. The van der Waals surface area contributed by atoms with Gasteiger partial charge in [0.1, 0.15) is 0 Å². The van der Waals surface area contributed by atoms with Gasteiger partial charge in [-0.3, -0.25) is 0 Å². The molecule has 0 aliphatic rings. The molecule has 0 unspecified atom stereocenters. The predicted molar refractivity (Wildman–Crippen MR) is 79.3 cm³/mol. The molecule has 0 aliphatic carbocycles. The summed E-state index contributed by atoms with van der Waals surface area (Å²) in [6, 6.07) is 6.21. The van der Waals surface area contributed by atoms with E-state index in [0.29, 0.717) is 5.69 Å². The highest BCUT2D eigenvalue weighted by atomic mass is 32.2. The molecule has 1 aromatic carbocycles. The third-order valence-electron chi connectivity index (χ3n) is 2.57. The molecule has 108 valence electrons. The van der Waals surface area contributed by atoms with E-state index in [1.54, 1.807) is 12.1 Å². The van der Waals surface area contributed by atoms with Crippen LogP contribution >= 0.6 is 0 Å². The minimum absolute atomic E-state index is 0.0487. The zero-order valence-corrected chi connectivity index (χ0v) is 13.1. The average Bonchev–Trinajstić information content (AvgIpc) is 2.11. The Labute approximate surface area is 116 Å². The van der Waals surface area contributed by atoms with E-state index in [4.69, 9.17) is 5.73 Å². The van der Waals surface area contributed by atoms with Crippen molar-refractivity contribution in [3.8, 4) is 0 Å². The summed E-state index contributed by atoms with van der Waals surface area (Å²) >= 11 is 0. The lowest BCUT2D eigenvalue weighted by molar-refractivity contribution is 0.269. The number of hydrogen-bond acceptors (Lipinski definition) is 3. The molecular formula is C14H24N2O2S. The van der Waals surface area contributed by atoms with Crippen molar-refractivity contribution in [1.29, 1.82) is 0 Å². The van der Waals surface area contributed by atoms with Crippen LogP contribution in [0.4, 0.5) is 5.69 Å². The van der Waals surface area contributed by atoms with Gasteiger partial charge in [0.15, 0.2) is 0 Å². The smallest absolute Gasteiger partial charge is 0.241 e. The van der Waals surface area contributed by atoms with Gasteiger partial charge in [-0.15, -0.1) is 0 Å². The van der Waals surface area contributed by atoms with Crippen LogP contribution < -0.4 is 10.5 Å². The summed E-state index contributed by atoms with van der Waals surface area (Å²) in [7, 11) is -3.51. The maximum atomic E-state index is 12.3. The second kappa shape index (κ2) is 5.13. The maximum absolute atomic E-state index is 12.3. The highest BCUT2D eigenvalue weighted by Gasteiger charge is 2.30. The number of nitrogen functional groups attached to an aromatic ring is 1. The zero-order valence-electron chi connectivity index (χ0n) is 12.3. The first-order valence-electron chi connectivity index (χ1n) is 6.31. The van der Waals surface area contributed by atoms with E-state index in [2.05, 4.69) is 25.5 Å². The Hall–Kier alpha value is -1.07. The number of nitrogens with two attached hydrogens (primary N) is 1. The molecule has 0 saturated carbocycles. The van der Waals surface area contributed by atoms with E-state index in [1.807, 2.05) is 13.8 Å². The fourth-order valence-electron chi connectivity index (χ4n) is 2.43. The fourth-order valence-corrected chi connectivity index (χ4v) is 3.84. The first kappa shape index (κ1) is 16.0.